The van der Waals surface area contributed by atoms with Crippen LogP contribution in [0.25, 0.3) is 0 Å². The standard InChI is InChI=1S/C12H11F5.4C12H12F4.2C12H13F3/c1-6-2-3-8-7(4-6)5-9(13)10(11(8)14)12(15,16)17;2*1-7-2-4-9-8(6-7)3-5-10(11(9)13)12(14,15)16;2*1-7-2-3-8-5-10(12(14,15)16)11(13)6-9(8)4-7;2*1-8-2-3-10-7-11(12(13,14)15)5-4-9(10)6-8/h5-6H,2-4H2,1H3;2*3,5,7H,2,4,6H2,1H3;2*5-7H,2-4H2,1H3;2*4-5,7-8H,2-3,6H2,1H3/i;2D2,6D2;;2D2,4D2;;2D2,6D2;. The van der Waals surface area contributed by atoms with Gasteiger partial charge in [-0.15, -0.1) is 0 Å². The van der Waals surface area contributed by atoms with Crippen LogP contribution in [0.1, 0.15) is 227 Å². The van der Waals surface area contributed by atoms with Gasteiger partial charge in [-0.3, -0.25) is 0 Å². The van der Waals surface area contributed by atoms with Crippen LogP contribution in [0.2, 0.25) is 0 Å². The molecule has 7 atom stereocenters. The van der Waals surface area contributed by atoms with E-state index >= 15 is 0 Å². The highest BCUT2D eigenvalue weighted by atomic mass is 19.4. The van der Waals surface area contributed by atoms with E-state index in [0.29, 0.717) is 85.6 Å². The summed E-state index contributed by atoms with van der Waals surface area (Å²) in [7, 11) is 0. The van der Waals surface area contributed by atoms with Gasteiger partial charge in [-0.05, 0) is 321 Å². The van der Waals surface area contributed by atoms with Crippen LogP contribution >= 0.6 is 0 Å². The summed E-state index contributed by atoms with van der Waals surface area (Å²) in [6.07, 6.45) is -38.2. The lowest BCUT2D eigenvalue weighted by molar-refractivity contribution is -0.143. The molecule has 0 spiro atoms. The molecule has 0 aliphatic heterocycles. The summed E-state index contributed by atoms with van der Waals surface area (Å²) in [6, 6.07) is 14.6. The minimum Gasteiger partial charge on any atom is -0.206 e. The number of halogens is 27. The molecule has 0 aromatic heterocycles. The molecule has 14 rings (SSSR count). The number of hydrogen-bond acceptors (Lipinski definition) is 0. The first-order valence-corrected chi connectivity index (χ1v) is 35.3. The average Bonchev–Trinajstić information content (AvgIpc) is 0.753. The lowest BCUT2D eigenvalue weighted by Crippen LogP contribution is -2.19. The van der Waals surface area contributed by atoms with Crippen LogP contribution in [0.5, 0.6) is 0 Å². The third kappa shape index (κ3) is 23.7. The predicted molar refractivity (Wildman–Crippen MR) is 368 cm³/mol. The van der Waals surface area contributed by atoms with Crippen molar-refractivity contribution in [2.24, 2.45) is 41.4 Å². The molecule has 7 unspecified atom stereocenters. The Morgan fingerprint density at radius 2 is 0.577 bits per heavy atom. The molecule has 0 bridgehead atoms. The van der Waals surface area contributed by atoms with Crippen molar-refractivity contribution in [3.8, 4) is 0 Å². The van der Waals surface area contributed by atoms with Crippen LogP contribution in [0.4, 0.5) is 119 Å². The largest absolute Gasteiger partial charge is 0.422 e. The van der Waals surface area contributed by atoms with Crippen LogP contribution in [0.3, 0.4) is 0 Å². The zero-order valence-electron chi connectivity index (χ0n) is 72.5. The van der Waals surface area contributed by atoms with Gasteiger partial charge in [0.1, 0.15) is 40.5 Å². The fourth-order valence-electron chi connectivity index (χ4n) is 13.7. The van der Waals surface area contributed by atoms with Gasteiger partial charge in [0.15, 0.2) is 0 Å². The van der Waals surface area contributed by atoms with Crippen LogP contribution in [0.15, 0.2) is 91.0 Å². The monoisotopic (exact) mass is 1620 g/mol. The van der Waals surface area contributed by atoms with Crippen molar-refractivity contribution in [1.29, 1.82) is 0 Å². The van der Waals surface area contributed by atoms with Gasteiger partial charge in [0.2, 0.25) is 0 Å². The molecular weight excluding hydrogens is 1520 g/mol. The van der Waals surface area contributed by atoms with Crippen LogP contribution in [0, 0.1) is 76.3 Å². The first-order valence-electron chi connectivity index (χ1n) is 41.3. The Morgan fingerprint density at radius 1 is 0.252 bits per heavy atom. The van der Waals surface area contributed by atoms with Gasteiger partial charge in [0.05, 0.1) is 33.4 Å². The maximum atomic E-state index is 14.0. The normalized spacial score (nSPS) is 25.1. The summed E-state index contributed by atoms with van der Waals surface area (Å²) in [5, 5.41) is 0. The molecule has 27 heteroatoms. The SMILES string of the molecule is CC1CCc2c(cc(F)c(C(F)(F)F)c2F)C1.CC1CCc2c(ccc(C(F)(F)F)c2F)C1.CC1CCc2cc(C(F)(F)F)c(F)cc2C1.CC1CCc2cc(C(F)(F)F)ccc2C1.[2H]C1([2H])Cc2c(ccc(C(F)(F)F)c2F)C([2H])([2H])C1C.[2H]C1([2H])Cc2cc(C(F)(F)F)c(F)cc2C([2H])([2H])C1C.[2H]C1([2H])Cc2cc(C(F)(F)F)ccc2C([2H])([2H])C1C. The number of benzene rings is 7. The van der Waals surface area contributed by atoms with E-state index < -0.39 is 185 Å². The third-order valence-electron chi connectivity index (χ3n) is 19.7. The van der Waals surface area contributed by atoms with E-state index in [9.17, 15) is 119 Å². The predicted octanol–water partition coefficient (Wildman–Crippen LogP) is 27.6. The van der Waals surface area contributed by atoms with Crippen LogP contribution in [-0.2, 0) is 133 Å². The summed E-state index contributed by atoms with van der Waals surface area (Å²) in [5.74, 6) is -9.68. The van der Waals surface area contributed by atoms with Crippen molar-refractivity contribution in [1.82, 2.24) is 0 Å². The second kappa shape index (κ2) is 35.6. The second-order valence-electron chi connectivity index (χ2n) is 28.8. The minimum absolute atomic E-state index is 0.0248. The molecule has 7 aromatic carbocycles. The van der Waals surface area contributed by atoms with Gasteiger partial charge < -0.3 is 0 Å². The van der Waals surface area contributed by atoms with E-state index in [-0.39, 0.29) is 64.1 Å². The Hall–Kier alpha value is -7.35. The summed E-state index contributed by atoms with van der Waals surface area (Å²) in [4.78, 5) is 0. The smallest absolute Gasteiger partial charge is 0.206 e. The highest BCUT2D eigenvalue weighted by Crippen LogP contribution is 2.44. The van der Waals surface area contributed by atoms with Gasteiger partial charge in [-0.2, -0.15) is 92.2 Å². The number of aryl methyl sites for hydroxylation is 4. The molecule has 7 aliphatic carbocycles. The Balaban J connectivity index is 0.000000179. The minimum atomic E-state index is -4.98. The second-order valence-corrected chi connectivity index (χ2v) is 28.8. The van der Waals surface area contributed by atoms with Crippen LogP contribution in [-0.4, -0.2) is 0 Å². The van der Waals surface area contributed by atoms with E-state index in [2.05, 4.69) is 6.92 Å². The van der Waals surface area contributed by atoms with Crippen LogP contribution < -0.4 is 0 Å². The van der Waals surface area contributed by atoms with E-state index in [1.165, 1.54) is 39.0 Å². The van der Waals surface area contributed by atoms with Gasteiger partial charge in [0, 0.05) is 16.4 Å². The lowest BCUT2D eigenvalue weighted by Gasteiger charge is -2.23. The van der Waals surface area contributed by atoms with E-state index in [1.807, 2.05) is 20.8 Å². The Bertz CT molecular complexity index is 4920. The summed E-state index contributed by atoms with van der Waals surface area (Å²) >= 11 is 0. The summed E-state index contributed by atoms with van der Waals surface area (Å²) in [6.45, 7) is 12.2. The van der Waals surface area contributed by atoms with Gasteiger partial charge in [-0.25, -0.2) is 26.3 Å². The number of hydrogen-bond donors (Lipinski definition) is 0. The van der Waals surface area contributed by atoms with Crippen molar-refractivity contribution < 1.29 is 135 Å². The Kier molecular flexibility index (Phi) is 23.3. The zero-order chi connectivity index (χ0) is 93.3. The maximum Gasteiger partial charge on any atom is 0.422 e. The van der Waals surface area contributed by atoms with Crippen molar-refractivity contribution in [3.05, 3.63) is 243 Å². The molecular formula is C84H85F27. The first-order chi connectivity index (χ1) is 55.8. The molecule has 7 aromatic rings. The average molecular weight is 1620 g/mol. The van der Waals surface area contributed by atoms with E-state index in [0.717, 1.165) is 103 Å². The van der Waals surface area contributed by atoms with Crippen molar-refractivity contribution in [2.45, 2.75) is 226 Å². The molecule has 111 heavy (non-hydrogen) atoms. The van der Waals surface area contributed by atoms with E-state index in [1.54, 1.807) is 6.07 Å². The van der Waals surface area contributed by atoms with Crippen molar-refractivity contribution in [2.75, 3.05) is 0 Å². The Labute approximate surface area is 643 Å². The molecule has 7 aliphatic rings. The molecule has 0 fully saturated rings. The summed E-state index contributed by atoms with van der Waals surface area (Å²) in [5.41, 5.74) is -4.49. The zero-order valence-corrected chi connectivity index (χ0v) is 60.5. The van der Waals surface area contributed by atoms with Gasteiger partial charge in [0.25, 0.3) is 0 Å². The Morgan fingerprint density at radius 3 is 1.03 bits per heavy atom. The number of alkyl halides is 21. The highest BCUT2D eigenvalue weighted by molar-refractivity contribution is 5.43. The molecule has 0 saturated carbocycles. The molecule has 610 valence electrons. The van der Waals surface area contributed by atoms with Gasteiger partial charge in [-0.1, -0.05) is 72.7 Å². The number of rotatable bonds is 0. The molecule has 0 N–H and O–H groups in total. The highest BCUT2D eigenvalue weighted by Gasteiger charge is 2.43. The molecule has 0 radical (unpaired) electrons. The quantitative estimate of drug-likeness (QED) is 0.133. The number of fused-ring (bicyclic) bond motifs is 7. The molecule has 0 saturated heterocycles. The fourth-order valence-corrected chi connectivity index (χ4v) is 13.7. The van der Waals surface area contributed by atoms with E-state index in [4.69, 9.17) is 16.4 Å². The van der Waals surface area contributed by atoms with Gasteiger partial charge >= 0.3 is 43.2 Å². The maximum absolute atomic E-state index is 14.0. The lowest BCUT2D eigenvalue weighted by atomic mass is 9.83. The third-order valence-corrected chi connectivity index (χ3v) is 19.7. The fraction of sp³-hybridized carbons (Fsp3) is 0.500. The summed E-state index contributed by atoms with van der Waals surface area (Å²) < 4.78 is 439. The first kappa shape index (κ1) is 72.6. The molecule has 0 heterocycles. The van der Waals surface area contributed by atoms with Crippen molar-refractivity contribution in [3.63, 3.8) is 0 Å². The van der Waals surface area contributed by atoms with Crippen molar-refractivity contribution >= 4 is 0 Å². The molecule has 0 nitrogen and oxygen atoms in total. The molecule has 0 amide bonds. The topological polar surface area (TPSA) is 0 Å².